The minimum Gasteiger partial charge on any atom is -0.468 e. The zero-order chi connectivity index (χ0) is 16.9. The van der Waals surface area contributed by atoms with Crippen molar-refractivity contribution in [3.63, 3.8) is 0 Å². The highest BCUT2D eigenvalue weighted by Crippen LogP contribution is 2.26. The molecule has 1 aromatic heterocycles. The number of hydrogen-bond acceptors (Lipinski definition) is 3. The molecule has 24 heavy (non-hydrogen) atoms. The van der Waals surface area contributed by atoms with Crippen molar-refractivity contribution in [2.24, 2.45) is 0 Å². The van der Waals surface area contributed by atoms with Gasteiger partial charge in [-0.1, -0.05) is 23.2 Å². The summed E-state index contributed by atoms with van der Waals surface area (Å²) in [6, 6.07) is 8.54. The monoisotopic (exact) mass is 367 g/mol. The van der Waals surface area contributed by atoms with Gasteiger partial charge in [0.2, 0.25) is 0 Å². The van der Waals surface area contributed by atoms with E-state index in [-0.39, 0.29) is 12.1 Å². The SMILES string of the molecule is O=C(NC[C@@H](c1ccco1)N1CCCC1)Nc1ccc(Cl)c(Cl)c1. The van der Waals surface area contributed by atoms with Gasteiger partial charge in [0.1, 0.15) is 5.76 Å². The molecule has 7 heteroatoms. The van der Waals surface area contributed by atoms with E-state index in [0.29, 0.717) is 22.3 Å². The predicted octanol–water partition coefficient (Wildman–Crippen LogP) is 4.55. The van der Waals surface area contributed by atoms with E-state index in [1.165, 1.54) is 12.8 Å². The molecule has 0 unspecified atom stereocenters. The van der Waals surface area contributed by atoms with E-state index in [1.54, 1.807) is 24.5 Å². The number of hydrogen-bond donors (Lipinski definition) is 2. The molecular formula is C17H19Cl2N3O2. The molecule has 5 nitrogen and oxygen atoms in total. The minimum absolute atomic E-state index is 0.0436. The third kappa shape index (κ3) is 4.23. The molecule has 2 amide bonds. The van der Waals surface area contributed by atoms with Crippen LogP contribution in [-0.2, 0) is 0 Å². The van der Waals surface area contributed by atoms with Crippen LogP contribution in [0.2, 0.25) is 10.0 Å². The number of benzene rings is 1. The van der Waals surface area contributed by atoms with Crippen LogP contribution in [-0.4, -0.2) is 30.6 Å². The summed E-state index contributed by atoms with van der Waals surface area (Å²) in [5.41, 5.74) is 0.595. The van der Waals surface area contributed by atoms with Crippen molar-refractivity contribution in [1.29, 1.82) is 0 Å². The molecule has 1 fully saturated rings. The van der Waals surface area contributed by atoms with E-state index < -0.39 is 0 Å². The van der Waals surface area contributed by atoms with Crippen LogP contribution >= 0.6 is 23.2 Å². The third-order valence-electron chi connectivity index (χ3n) is 4.09. The van der Waals surface area contributed by atoms with Crippen LogP contribution in [0.4, 0.5) is 10.5 Å². The van der Waals surface area contributed by atoms with E-state index in [9.17, 15) is 4.79 Å². The summed E-state index contributed by atoms with van der Waals surface area (Å²) >= 11 is 11.8. The Bertz CT molecular complexity index is 685. The topological polar surface area (TPSA) is 57.5 Å². The Morgan fingerprint density at radius 2 is 2.00 bits per heavy atom. The molecule has 1 saturated heterocycles. The predicted molar refractivity (Wildman–Crippen MR) is 95.7 cm³/mol. The number of carbonyl (C=O) groups is 1. The van der Waals surface area contributed by atoms with Crippen LogP contribution in [0.15, 0.2) is 41.0 Å². The molecule has 1 aliphatic heterocycles. The Morgan fingerprint density at radius 3 is 2.67 bits per heavy atom. The highest BCUT2D eigenvalue weighted by atomic mass is 35.5. The number of anilines is 1. The zero-order valence-corrected chi connectivity index (χ0v) is 14.6. The lowest BCUT2D eigenvalue weighted by Crippen LogP contribution is -2.38. The molecule has 2 aromatic rings. The summed E-state index contributed by atoms with van der Waals surface area (Å²) in [5, 5.41) is 6.52. The largest absolute Gasteiger partial charge is 0.468 e. The zero-order valence-electron chi connectivity index (χ0n) is 13.1. The summed E-state index contributed by atoms with van der Waals surface area (Å²) in [6.45, 7) is 2.50. The molecule has 1 atom stereocenters. The highest BCUT2D eigenvalue weighted by molar-refractivity contribution is 6.42. The van der Waals surface area contributed by atoms with Gasteiger partial charge in [-0.05, 0) is 56.3 Å². The quantitative estimate of drug-likeness (QED) is 0.814. The van der Waals surface area contributed by atoms with Gasteiger partial charge in [0.15, 0.2) is 0 Å². The first-order valence-corrected chi connectivity index (χ1v) is 8.66. The summed E-state index contributed by atoms with van der Waals surface area (Å²) in [5.74, 6) is 0.867. The average molecular weight is 368 g/mol. The molecule has 1 aliphatic rings. The van der Waals surface area contributed by atoms with Gasteiger partial charge in [-0.2, -0.15) is 0 Å². The van der Waals surface area contributed by atoms with Crippen LogP contribution in [0.5, 0.6) is 0 Å². The minimum atomic E-state index is -0.288. The summed E-state index contributed by atoms with van der Waals surface area (Å²) in [4.78, 5) is 14.5. The van der Waals surface area contributed by atoms with E-state index in [1.807, 2.05) is 12.1 Å². The number of halogens is 2. The van der Waals surface area contributed by atoms with E-state index in [2.05, 4.69) is 15.5 Å². The van der Waals surface area contributed by atoms with Crippen LogP contribution in [0.25, 0.3) is 0 Å². The number of nitrogens with zero attached hydrogens (tertiary/aromatic N) is 1. The molecule has 0 aliphatic carbocycles. The van der Waals surface area contributed by atoms with Crippen molar-refractivity contribution < 1.29 is 9.21 Å². The summed E-state index contributed by atoms with van der Waals surface area (Å²) in [6.07, 6.45) is 4.01. The maximum absolute atomic E-state index is 12.2. The molecule has 3 rings (SSSR count). The smallest absolute Gasteiger partial charge is 0.319 e. The lowest BCUT2D eigenvalue weighted by Gasteiger charge is -2.26. The van der Waals surface area contributed by atoms with Crippen LogP contribution in [0.1, 0.15) is 24.6 Å². The van der Waals surface area contributed by atoms with Crippen LogP contribution in [0, 0.1) is 0 Å². The second kappa shape index (κ2) is 7.92. The van der Waals surface area contributed by atoms with Crippen molar-refractivity contribution in [2.75, 3.05) is 25.0 Å². The van der Waals surface area contributed by atoms with Gasteiger partial charge in [0, 0.05) is 12.2 Å². The molecule has 1 aromatic carbocycles. The van der Waals surface area contributed by atoms with Gasteiger partial charge in [0.05, 0.1) is 22.4 Å². The van der Waals surface area contributed by atoms with Gasteiger partial charge >= 0.3 is 6.03 Å². The molecule has 2 N–H and O–H groups in total. The Hall–Kier alpha value is -1.69. The van der Waals surface area contributed by atoms with Gasteiger partial charge in [0.25, 0.3) is 0 Å². The van der Waals surface area contributed by atoms with Crippen molar-refractivity contribution in [1.82, 2.24) is 10.2 Å². The fraction of sp³-hybridized carbons (Fsp3) is 0.353. The second-order valence-electron chi connectivity index (χ2n) is 5.74. The molecule has 2 heterocycles. The number of rotatable bonds is 5. The molecule has 128 valence electrons. The first kappa shape index (κ1) is 17.1. The molecule has 0 radical (unpaired) electrons. The number of carbonyl (C=O) groups excluding carboxylic acids is 1. The maximum Gasteiger partial charge on any atom is 0.319 e. The van der Waals surface area contributed by atoms with Crippen LogP contribution in [0.3, 0.4) is 0 Å². The van der Waals surface area contributed by atoms with E-state index >= 15 is 0 Å². The summed E-state index contributed by atoms with van der Waals surface area (Å²) < 4.78 is 5.54. The van der Waals surface area contributed by atoms with Gasteiger partial charge in [-0.25, -0.2) is 4.79 Å². The molecule has 0 spiro atoms. The fourth-order valence-corrected chi connectivity index (χ4v) is 3.18. The Labute approximate surface area is 150 Å². The van der Waals surface area contributed by atoms with Gasteiger partial charge in [-0.15, -0.1) is 0 Å². The highest BCUT2D eigenvalue weighted by Gasteiger charge is 2.25. The Kier molecular flexibility index (Phi) is 5.66. The molecular weight excluding hydrogens is 349 g/mol. The number of likely N-dealkylation sites (tertiary alicyclic amines) is 1. The Balaban J connectivity index is 1.59. The fourth-order valence-electron chi connectivity index (χ4n) is 2.88. The van der Waals surface area contributed by atoms with Gasteiger partial charge in [-0.3, -0.25) is 4.90 Å². The van der Waals surface area contributed by atoms with Crippen molar-refractivity contribution >= 4 is 34.9 Å². The van der Waals surface area contributed by atoms with Gasteiger partial charge < -0.3 is 15.1 Å². The van der Waals surface area contributed by atoms with Crippen molar-refractivity contribution in [3.8, 4) is 0 Å². The van der Waals surface area contributed by atoms with Crippen molar-refractivity contribution in [3.05, 3.63) is 52.4 Å². The van der Waals surface area contributed by atoms with Crippen molar-refractivity contribution in [2.45, 2.75) is 18.9 Å². The Morgan fingerprint density at radius 1 is 1.21 bits per heavy atom. The average Bonchev–Trinajstić information content (AvgIpc) is 3.25. The number of urea groups is 1. The number of nitrogens with one attached hydrogen (secondary N) is 2. The first-order chi connectivity index (χ1) is 11.6. The van der Waals surface area contributed by atoms with Crippen LogP contribution < -0.4 is 10.6 Å². The normalized spacial score (nSPS) is 16.1. The lowest BCUT2D eigenvalue weighted by molar-refractivity contribution is 0.207. The van der Waals surface area contributed by atoms with E-state index in [0.717, 1.165) is 18.8 Å². The molecule has 0 saturated carbocycles. The number of furan rings is 1. The maximum atomic E-state index is 12.2. The molecule has 0 bridgehead atoms. The second-order valence-corrected chi connectivity index (χ2v) is 6.55. The lowest BCUT2D eigenvalue weighted by atomic mass is 10.2. The third-order valence-corrected chi connectivity index (χ3v) is 4.83. The standard InChI is InChI=1S/C17H19Cl2N3O2/c18-13-6-5-12(10-14(13)19)21-17(23)20-11-15(16-4-3-9-24-16)22-7-1-2-8-22/h3-6,9-10,15H,1-2,7-8,11H2,(H2,20,21,23)/t15-/m0/s1. The number of amides is 2. The summed E-state index contributed by atoms with van der Waals surface area (Å²) in [7, 11) is 0. The first-order valence-electron chi connectivity index (χ1n) is 7.91. The van der Waals surface area contributed by atoms with E-state index in [4.69, 9.17) is 27.6 Å².